The number of tetrazole rings is 1. The molecule has 0 bridgehead atoms. The first-order valence-corrected chi connectivity index (χ1v) is 11.4. The minimum absolute atomic E-state index is 0.288. The van der Waals surface area contributed by atoms with Gasteiger partial charge in [-0.25, -0.2) is 10.1 Å². The van der Waals surface area contributed by atoms with Gasteiger partial charge < -0.3 is 0 Å². The summed E-state index contributed by atoms with van der Waals surface area (Å²) in [6.45, 7) is 3.97. The number of hydrazone groups is 1. The van der Waals surface area contributed by atoms with E-state index in [4.69, 9.17) is 0 Å². The van der Waals surface area contributed by atoms with Crippen molar-refractivity contribution in [1.29, 1.82) is 0 Å². The molecule has 4 aromatic heterocycles. The summed E-state index contributed by atoms with van der Waals surface area (Å²) >= 11 is 1.38. The topological polar surface area (TPSA) is 102 Å². The SMILES string of the molecule is Cc1ccc2c(c1)cc(/C=N/NC(=O)c1cc3c(C)nn(-c4ccccc4)c3s1)c1nnnn12. The Kier molecular flexibility index (Phi) is 4.66. The van der Waals surface area contributed by atoms with Crippen LogP contribution in [0.5, 0.6) is 0 Å². The summed E-state index contributed by atoms with van der Waals surface area (Å²) in [5, 5.41) is 22.7. The number of benzene rings is 2. The third-order valence-electron chi connectivity index (χ3n) is 5.59. The lowest BCUT2D eigenvalue weighted by Crippen LogP contribution is -2.16. The van der Waals surface area contributed by atoms with Crippen LogP contribution in [0.1, 0.15) is 26.5 Å². The summed E-state index contributed by atoms with van der Waals surface area (Å²) in [6.07, 6.45) is 1.57. The zero-order chi connectivity index (χ0) is 23.2. The van der Waals surface area contributed by atoms with Gasteiger partial charge in [0.1, 0.15) is 4.83 Å². The standard InChI is InChI=1S/C24H18N8OS/c1-14-8-9-20-16(10-14)11-17(22-26-29-30-32(20)22)13-25-27-23(33)21-12-19-15(2)28-31(24(19)34-21)18-6-4-3-5-7-18/h3-13H,1-2H3,(H,27,33)/b25-13+. The number of aromatic nitrogens is 6. The first kappa shape index (κ1) is 20.2. The van der Waals surface area contributed by atoms with Crippen molar-refractivity contribution in [3.8, 4) is 5.69 Å². The van der Waals surface area contributed by atoms with Crippen LogP contribution in [0.3, 0.4) is 0 Å². The molecule has 10 heteroatoms. The Balaban J connectivity index is 1.30. The monoisotopic (exact) mass is 466 g/mol. The van der Waals surface area contributed by atoms with Crippen LogP contribution < -0.4 is 5.43 Å². The average Bonchev–Trinajstić information content (AvgIpc) is 3.56. The number of aryl methyl sites for hydroxylation is 2. The van der Waals surface area contributed by atoms with Gasteiger partial charge in [-0.15, -0.1) is 16.4 Å². The van der Waals surface area contributed by atoms with E-state index in [9.17, 15) is 4.79 Å². The van der Waals surface area contributed by atoms with E-state index in [1.807, 2.05) is 73.1 Å². The molecular formula is C24H18N8OS. The lowest BCUT2D eigenvalue weighted by atomic mass is 10.1. The summed E-state index contributed by atoms with van der Waals surface area (Å²) in [5.74, 6) is -0.288. The summed E-state index contributed by atoms with van der Waals surface area (Å²) in [7, 11) is 0. The molecule has 34 heavy (non-hydrogen) atoms. The van der Waals surface area contributed by atoms with Crippen molar-refractivity contribution in [3.63, 3.8) is 0 Å². The molecule has 0 radical (unpaired) electrons. The van der Waals surface area contributed by atoms with E-state index in [0.29, 0.717) is 16.1 Å². The third kappa shape index (κ3) is 3.32. The van der Waals surface area contributed by atoms with Crippen molar-refractivity contribution in [2.45, 2.75) is 13.8 Å². The summed E-state index contributed by atoms with van der Waals surface area (Å²) < 4.78 is 3.53. The van der Waals surface area contributed by atoms with Crippen LogP contribution >= 0.6 is 11.3 Å². The first-order chi connectivity index (χ1) is 16.6. The van der Waals surface area contributed by atoms with E-state index in [0.717, 1.165) is 38.1 Å². The number of hydrogen-bond acceptors (Lipinski definition) is 7. The fourth-order valence-corrected chi connectivity index (χ4v) is 5.03. The van der Waals surface area contributed by atoms with Crippen molar-refractivity contribution in [1.82, 2.24) is 35.2 Å². The number of thiophene rings is 1. The molecule has 6 rings (SSSR count). The molecule has 0 saturated heterocycles. The maximum Gasteiger partial charge on any atom is 0.281 e. The summed E-state index contributed by atoms with van der Waals surface area (Å²) in [6, 6.07) is 19.7. The number of hydrogen-bond donors (Lipinski definition) is 1. The van der Waals surface area contributed by atoms with E-state index < -0.39 is 0 Å². The molecule has 1 N–H and O–H groups in total. The smallest absolute Gasteiger partial charge is 0.266 e. The van der Waals surface area contributed by atoms with Crippen LogP contribution in [-0.2, 0) is 0 Å². The molecule has 0 aliphatic rings. The van der Waals surface area contributed by atoms with Gasteiger partial charge in [0.25, 0.3) is 5.91 Å². The summed E-state index contributed by atoms with van der Waals surface area (Å²) in [4.78, 5) is 14.3. The Morgan fingerprint density at radius 1 is 1.09 bits per heavy atom. The Labute approximate surface area is 197 Å². The number of carbonyl (C=O) groups excluding carboxylic acids is 1. The highest BCUT2D eigenvalue weighted by Gasteiger charge is 2.17. The molecule has 0 spiro atoms. The Morgan fingerprint density at radius 2 is 1.94 bits per heavy atom. The quantitative estimate of drug-likeness (QED) is 0.312. The van der Waals surface area contributed by atoms with Gasteiger partial charge in [0.15, 0.2) is 5.65 Å². The van der Waals surface area contributed by atoms with Crippen molar-refractivity contribution in [2.24, 2.45) is 5.10 Å². The fraction of sp³-hybridized carbons (Fsp3) is 0.0833. The van der Waals surface area contributed by atoms with Gasteiger partial charge in [0.05, 0.1) is 28.0 Å². The molecular weight excluding hydrogens is 448 g/mol. The highest BCUT2D eigenvalue weighted by molar-refractivity contribution is 7.20. The lowest BCUT2D eigenvalue weighted by Gasteiger charge is -2.04. The van der Waals surface area contributed by atoms with E-state index >= 15 is 0 Å². The maximum atomic E-state index is 12.8. The molecule has 0 aliphatic heterocycles. The van der Waals surface area contributed by atoms with Gasteiger partial charge in [-0.05, 0) is 60.7 Å². The lowest BCUT2D eigenvalue weighted by molar-refractivity contribution is 0.0959. The van der Waals surface area contributed by atoms with Crippen LogP contribution in [0.4, 0.5) is 0 Å². The molecule has 4 heterocycles. The van der Waals surface area contributed by atoms with Crippen LogP contribution in [0.15, 0.2) is 65.8 Å². The van der Waals surface area contributed by atoms with Crippen LogP contribution in [0.2, 0.25) is 0 Å². The molecule has 0 fully saturated rings. The van der Waals surface area contributed by atoms with Gasteiger partial charge in [0.2, 0.25) is 0 Å². The minimum Gasteiger partial charge on any atom is -0.266 e. The zero-order valence-electron chi connectivity index (χ0n) is 18.3. The van der Waals surface area contributed by atoms with Crippen LogP contribution in [0.25, 0.3) is 32.5 Å². The van der Waals surface area contributed by atoms with E-state index in [1.165, 1.54) is 11.3 Å². The largest absolute Gasteiger partial charge is 0.281 e. The van der Waals surface area contributed by atoms with Crippen molar-refractivity contribution in [2.75, 3.05) is 0 Å². The minimum atomic E-state index is -0.288. The second-order valence-corrected chi connectivity index (χ2v) is 8.97. The molecule has 6 aromatic rings. The number of pyridine rings is 1. The highest BCUT2D eigenvalue weighted by atomic mass is 32.1. The highest BCUT2D eigenvalue weighted by Crippen LogP contribution is 2.30. The molecule has 2 aromatic carbocycles. The third-order valence-corrected chi connectivity index (χ3v) is 6.70. The van der Waals surface area contributed by atoms with Gasteiger partial charge in [-0.3, -0.25) is 4.79 Å². The van der Waals surface area contributed by atoms with Crippen molar-refractivity contribution >= 4 is 50.2 Å². The predicted molar refractivity (Wildman–Crippen MR) is 132 cm³/mol. The number of nitrogens with zero attached hydrogens (tertiary/aromatic N) is 7. The maximum absolute atomic E-state index is 12.8. The van der Waals surface area contributed by atoms with E-state index in [2.05, 4.69) is 37.2 Å². The van der Waals surface area contributed by atoms with Gasteiger partial charge >= 0.3 is 0 Å². The predicted octanol–water partition coefficient (Wildman–Crippen LogP) is 4.06. The van der Waals surface area contributed by atoms with E-state index in [1.54, 1.807) is 10.7 Å². The van der Waals surface area contributed by atoms with Crippen molar-refractivity contribution < 1.29 is 4.79 Å². The van der Waals surface area contributed by atoms with E-state index in [-0.39, 0.29) is 5.91 Å². The Morgan fingerprint density at radius 3 is 2.79 bits per heavy atom. The number of amides is 1. The molecule has 166 valence electrons. The van der Waals surface area contributed by atoms with Gasteiger partial charge in [-0.1, -0.05) is 29.8 Å². The molecule has 0 aliphatic carbocycles. The molecule has 0 atom stereocenters. The average molecular weight is 467 g/mol. The number of fused-ring (bicyclic) bond motifs is 4. The van der Waals surface area contributed by atoms with Gasteiger partial charge in [-0.2, -0.15) is 14.7 Å². The van der Waals surface area contributed by atoms with Crippen molar-refractivity contribution in [3.05, 3.63) is 82.4 Å². The van der Waals surface area contributed by atoms with Crippen LogP contribution in [0, 0.1) is 13.8 Å². The normalized spacial score (nSPS) is 11.8. The number of para-hydroxylation sites is 1. The fourth-order valence-electron chi connectivity index (χ4n) is 3.96. The second kappa shape index (κ2) is 7.85. The number of carbonyl (C=O) groups is 1. The number of rotatable bonds is 4. The number of nitrogens with one attached hydrogen (secondary N) is 1. The Bertz CT molecular complexity index is 1730. The second-order valence-electron chi connectivity index (χ2n) is 7.94. The molecule has 9 nitrogen and oxygen atoms in total. The Hall–Kier alpha value is -4.44. The zero-order valence-corrected chi connectivity index (χ0v) is 19.1. The molecule has 0 unspecified atom stereocenters. The molecule has 1 amide bonds. The first-order valence-electron chi connectivity index (χ1n) is 10.6. The van der Waals surface area contributed by atoms with Gasteiger partial charge in [0, 0.05) is 16.3 Å². The summed E-state index contributed by atoms with van der Waals surface area (Å²) in [5.41, 5.74) is 7.74. The molecule has 0 saturated carbocycles. The van der Waals surface area contributed by atoms with Crippen LogP contribution in [-0.4, -0.2) is 41.9 Å².